The van der Waals surface area contributed by atoms with Crippen molar-refractivity contribution in [2.24, 2.45) is 0 Å². The molecule has 0 aliphatic rings. The summed E-state index contributed by atoms with van der Waals surface area (Å²) in [6.45, 7) is 0.584. The highest BCUT2D eigenvalue weighted by Crippen LogP contribution is 2.15. The number of nitrogens with zero attached hydrogens (tertiary/aromatic N) is 2. The largest absolute Gasteiger partial charge is 0.497 e. The lowest BCUT2D eigenvalue weighted by atomic mass is 10.2. The standard InChI is InChI=1S/C15H17N3O3/c1-20-13-6-3-11(4-7-13)9-18-10-12(15(16)17-18)5-8-14(19)21-2/h3-8,10H,9H2,1-2H3,(H2,16,17). The van der Waals surface area contributed by atoms with E-state index in [1.165, 1.54) is 13.2 Å². The van der Waals surface area contributed by atoms with Gasteiger partial charge in [0.05, 0.1) is 20.8 Å². The first-order valence-electron chi connectivity index (χ1n) is 6.34. The van der Waals surface area contributed by atoms with Gasteiger partial charge in [0.2, 0.25) is 0 Å². The Balaban J connectivity index is 2.10. The molecular weight excluding hydrogens is 270 g/mol. The molecule has 0 saturated heterocycles. The molecule has 2 N–H and O–H groups in total. The minimum absolute atomic E-state index is 0.365. The van der Waals surface area contributed by atoms with Crippen molar-refractivity contribution in [2.45, 2.75) is 6.54 Å². The van der Waals surface area contributed by atoms with Gasteiger partial charge in [0, 0.05) is 17.8 Å². The Bertz CT molecular complexity index is 645. The van der Waals surface area contributed by atoms with Crippen molar-refractivity contribution in [1.29, 1.82) is 0 Å². The van der Waals surface area contributed by atoms with Crippen LogP contribution in [0.2, 0.25) is 0 Å². The van der Waals surface area contributed by atoms with Gasteiger partial charge in [-0.2, -0.15) is 5.10 Å². The van der Waals surface area contributed by atoms with E-state index in [0.29, 0.717) is 17.9 Å². The normalized spacial score (nSPS) is 10.8. The first kappa shape index (κ1) is 14.6. The molecule has 1 heterocycles. The highest BCUT2D eigenvalue weighted by atomic mass is 16.5. The summed E-state index contributed by atoms with van der Waals surface area (Å²) in [5.74, 6) is 0.737. The van der Waals surface area contributed by atoms with Crippen molar-refractivity contribution in [3.05, 3.63) is 47.7 Å². The first-order chi connectivity index (χ1) is 10.1. The molecule has 0 spiro atoms. The van der Waals surface area contributed by atoms with E-state index in [-0.39, 0.29) is 0 Å². The van der Waals surface area contributed by atoms with Crippen LogP contribution in [-0.4, -0.2) is 30.0 Å². The van der Waals surface area contributed by atoms with E-state index in [4.69, 9.17) is 10.5 Å². The number of benzene rings is 1. The van der Waals surface area contributed by atoms with Gasteiger partial charge in [0.1, 0.15) is 5.75 Å². The van der Waals surface area contributed by atoms with Crippen LogP contribution in [0.4, 0.5) is 5.82 Å². The second-order valence-electron chi connectivity index (χ2n) is 4.37. The molecule has 0 bridgehead atoms. The zero-order valence-electron chi connectivity index (χ0n) is 11.9. The smallest absolute Gasteiger partial charge is 0.330 e. The van der Waals surface area contributed by atoms with Gasteiger partial charge >= 0.3 is 5.97 Å². The number of anilines is 1. The van der Waals surface area contributed by atoms with E-state index in [9.17, 15) is 4.79 Å². The van der Waals surface area contributed by atoms with Crippen LogP contribution in [0.15, 0.2) is 36.5 Å². The van der Waals surface area contributed by atoms with Crippen molar-refractivity contribution in [3.8, 4) is 5.75 Å². The summed E-state index contributed by atoms with van der Waals surface area (Å²) < 4.78 is 11.4. The van der Waals surface area contributed by atoms with Crippen molar-refractivity contribution in [2.75, 3.05) is 20.0 Å². The number of hydrogen-bond acceptors (Lipinski definition) is 5. The topological polar surface area (TPSA) is 79.4 Å². The lowest BCUT2D eigenvalue weighted by Crippen LogP contribution is -2.00. The van der Waals surface area contributed by atoms with E-state index < -0.39 is 5.97 Å². The van der Waals surface area contributed by atoms with Gasteiger partial charge in [-0.15, -0.1) is 0 Å². The number of carbonyl (C=O) groups excluding carboxylic acids is 1. The summed E-state index contributed by atoms with van der Waals surface area (Å²) >= 11 is 0. The number of carbonyl (C=O) groups is 1. The predicted molar refractivity (Wildman–Crippen MR) is 79.8 cm³/mol. The van der Waals surface area contributed by atoms with Crippen LogP contribution in [0.5, 0.6) is 5.75 Å². The summed E-state index contributed by atoms with van der Waals surface area (Å²) in [6, 6.07) is 7.70. The second-order valence-corrected chi connectivity index (χ2v) is 4.37. The van der Waals surface area contributed by atoms with Crippen molar-refractivity contribution < 1.29 is 14.3 Å². The lowest BCUT2D eigenvalue weighted by Gasteiger charge is -2.03. The van der Waals surface area contributed by atoms with Crippen LogP contribution in [0.3, 0.4) is 0 Å². The molecule has 0 saturated carbocycles. The van der Waals surface area contributed by atoms with Gasteiger partial charge in [-0.3, -0.25) is 4.68 Å². The maximum atomic E-state index is 11.1. The zero-order valence-corrected chi connectivity index (χ0v) is 11.9. The van der Waals surface area contributed by atoms with Crippen molar-refractivity contribution in [3.63, 3.8) is 0 Å². The molecule has 2 aromatic rings. The summed E-state index contributed by atoms with van der Waals surface area (Å²) in [5.41, 5.74) is 7.56. The Morgan fingerprint density at radius 1 is 1.33 bits per heavy atom. The molecule has 110 valence electrons. The molecule has 2 rings (SSSR count). The third-order valence-corrected chi connectivity index (χ3v) is 2.92. The summed E-state index contributed by atoms with van der Waals surface area (Å²) in [4.78, 5) is 11.1. The molecule has 21 heavy (non-hydrogen) atoms. The fraction of sp³-hybridized carbons (Fsp3) is 0.200. The van der Waals surface area contributed by atoms with E-state index in [0.717, 1.165) is 11.3 Å². The first-order valence-corrected chi connectivity index (χ1v) is 6.34. The second kappa shape index (κ2) is 6.60. The molecule has 1 aromatic heterocycles. The molecule has 0 unspecified atom stereocenters. The average Bonchev–Trinajstić information content (AvgIpc) is 2.85. The molecule has 6 heteroatoms. The minimum atomic E-state index is -0.433. The molecule has 6 nitrogen and oxygen atoms in total. The summed E-state index contributed by atoms with van der Waals surface area (Å²) in [7, 11) is 2.95. The van der Waals surface area contributed by atoms with E-state index in [1.54, 1.807) is 24.1 Å². The molecular formula is C15H17N3O3. The van der Waals surface area contributed by atoms with Gasteiger partial charge < -0.3 is 15.2 Å². The van der Waals surface area contributed by atoms with Crippen LogP contribution < -0.4 is 10.5 Å². The molecule has 0 aliphatic carbocycles. The van der Waals surface area contributed by atoms with Crippen LogP contribution in [0, 0.1) is 0 Å². The molecule has 0 aliphatic heterocycles. The van der Waals surface area contributed by atoms with Crippen LogP contribution >= 0.6 is 0 Å². The van der Waals surface area contributed by atoms with Crippen LogP contribution in [-0.2, 0) is 16.1 Å². The highest BCUT2D eigenvalue weighted by Gasteiger charge is 2.04. The summed E-state index contributed by atoms with van der Waals surface area (Å²) in [5, 5.41) is 4.21. The molecule has 1 aromatic carbocycles. The Kier molecular flexibility index (Phi) is 4.61. The quantitative estimate of drug-likeness (QED) is 0.669. The molecule has 0 amide bonds. The van der Waals surface area contributed by atoms with Gasteiger partial charge in [-0.25, -0.2) is 4.79 Å². The molecule has 0 radical (unpaired) electrons. The lowest BCUT2D eigenvalue weighted by molar-refractivity contribution is -0.134. The number of methoxy groups -OCH3 is 2. The SMILES string of the molecule is COC(=O)C=Cc1cn(Cc2ccc(OC)cc2)nc1N. The Morgan fingerprint density at radius 3 is 2.67 bits per heavy atom. The number of esters is 1. The zero-order chi connectivity index (χ0) is 15.2. The summed E-state index contributed by atoms with van der Waals surface area (Å²) in [6.07, 6.45) is 4.67. The number of hydrogen-bond donors (Lipinski definition) is 1. The monoisotopic (exact) mass is 287 g/mol. The average molecular weight is 287 g/mol. The Morgan fingerprint density at radius 2 is 2.05 bits per heavy atom. The van der Waals surface area contributed by atoms with E-state index in [1.807, 2.05) is 24.3 Å². The number of nitrogens with two attached hydrogens (primary N) is 1. The number of ether oxygens (including phenoxy) is 2. The van der Waals surface area contributed by atoms with Gasteiger partial charge in [0.15, 0.2) is 5.82 Å². The van der Waals surface area contributed by atoms with E-state index >= 15 is 0 Å². The van der Waals surface area contributed by atoms with Crippen LogP contribution in [0.25, 0.3) is 6.08 Å². The fourth-order valence-corrected chi connectivity index (χ4v) is 1.80. The maximum absolute atomic E-state index is 11.1. The van der Waals surface area contributed by atoms with Crippen LogP contribution in [0.1, 0.15) is 11.1 Å². The third kappa shape index (κ3) is 3.85. The number of rotatable bonds is 5. The molecule has 0 fully saturated rings. The minimum Gasteiger partial charge on any atom is -0.497 e. The molecule has 0 atom stereocenters. The van der Waals surface area contributed by atoms with Gasteiger partial charge in [-0.1, -0.05) is 12.1 Å². The van der Waals surface area contributed by atoms with Crippen molar-refractivity contribution in [1.82, 2.24) is 9.78 Å². The third-order valence-electron chi connectivity index (χ3n) is 2.92. The van der Waals surface area contributed by atoms with E-state index in [2.05, 4.69) is 9.84 Å². The number of aromatic nitrogens is 2. The maximum Gasteiger partial charge on any atom is 0.330 e. The highest BCUT2D eigenvalue weighted by molar-refractivity contribution is 5.87. The Hall–Kier alpha value is -2.76. The number of nitrogen functional groups attached to an aromatic ring is 1. The predicted octanol–water partition coefficient (Wildman–Crippen LogP) is 1.71. The van der Waals surface area contributed by atoms with Gasteiger partial charge in [-0.05, 0) is 23.8 Å². The Labute approximate surface area is 122 Å². The van der Waals surface area contributed by atoms with Gasteiger partial charge in [0.25, 0.3) is 0 Å². The fourth-order valence-electron chi connectivity index (χ4n) is 1.80. The van der Waals surface area contributed by atoms with Crippen molar-refractivity contribution >= 4 is 17.9 Å².